The third-order valence-corrected chi connectivity index (χ3v) is 5.39. The zero-order valence-electron chi connectivity index (χ0n) is 17.8. The quantitative estimate of drug-likeness (QED) is 0.600. The fourth-order valence-corrected chi connectivity index (χ4v) is 3.53. The Labute approximate surface area is 186 Å². The van der Waals surface area contributed by atoms with Crippen LogP contribution in [0.25, 0.3) is 22.6 Å². The standard InChI is InChI=1S/C22H20F3N5O3/c1-12-13(2)29-19(28-12)18-8-14(3-5-27-18)15-7-16(10-26-9-15)20(31)30-6-4-17(11-30)33-21(32)22(23,24)25/h3,5,7-10,17H,4,6,11H2,1-2H3,(H,28,29)/t17-/m1/s1. The summed E-state index contributed by atoms with van der Waals surface area (Å²) in [4.78, 5) is 41.4. The van der Waals surface area contributed by atoms with Gasteiger partial charge in [-0.05, 0) is 37.6 Å². The third kappa shape index (κ3) is 4.86. The Balaban J connectivity index is 1.50. The molecule has 3 aromatic heterocycles. The molecule has 4 rings (SSSR count). The van der Waals surface area contributed by atoms with E-state index in [0.717, 1.165) is 17.0 Å². The molecule has 0 bridgehead atoms. The fourth-order valence-electron chi connectivity index (χ4n) is 3.53. The Bertz CT molecular complexity index is 1190. The maximum atomic E-state index is 12.9. The van der Waals surface area contributed by atoms with E-state index in [1.807, 2.05) is 19.9 Å². The monoisotopic (exact) mass is 459 g/mol. The zero-order chi connectivity index (χ0) is 23.8. The van der Waals surface area contributed by atoms with Crippen LogP contribution in [0.1, 0.15) is 28.2 Å². The molecule has 0 spiro atoms. The molecule has 4 heterocycles. The van der Waals surface area contributed by atoms with E-state index in [9.17, 15) is 22.8 Å². The second-order valence-electron chi connectivity index (χ2n) is 7.75. The van der Waals surface area contributed by atoms with Gasteiger partial charge in [-0.3, -0.25) is 14.8 Å². The average molecular weight is 459 g/mol. The largest absolute Gasteiger partial charge is 0.490 e. The summed E-state index contributed by atoms with van der Waals surface area (Å²) in [5, 5.41) is 0. The first-order valence-electron chi connectivity index (χ1n) is 10.1. The summed E-state index contributed by atoms with van der Waals surface area (Å²) in [5.41, 5.74) is 4.16. The normalized spacial score (nSPS) is 16.2. The van der Waals surface area contributed by atoms with Gasteiger partial charge in [-0.15, -0.1) is 0 Å². The Kier molecular flexibility index (Phi) is 5.88. The number of H-pyrrole nitrogens is 1. The number of nitrogens with one attached hydrogen (secondary N) is 1. The number of halogens is 3. The highest BCUT2D eigenvalue weighted by Crippen LogP contribution is 2.26. The van der Waals surface area contributed by atoms with Crippen LogP contribution in [0.4, 0.5) is 13.2 Å². The van der Waals surface area contributed by atoms with Crippen LogP contribution in [0.2, 0.25) is 0 Å². The number of hydrogen-bond donors (Lipinski definition) is 1. The van der Waals surface area contributed by atoms with E-state index in [2.05, 4.69) is 24.7 Å². The number of aromatic nitrogens is 4. The molecule has 33 heavy (non-hydrogen) atoms. The van der Waals surface area contributed by atoms with Gasteiger partial charge in [0, 0.05) is 42.8 Å². The van der Waals surface area contributed by atoms with Gasteiger partial charge in [0.15, 0.2) is 5.82 Å². The van der Waals surface area contributed by atoms with Gasteiger partial charge in [0.1, 0.15) is 11.8 Å². The van der Waals surface area contributed by atoms with Crippen LogP contribution in [0, 0.1) is 13.8 Å². The molecule has 1 amide bonds. The predicted octanol–water partition coefficient (Wildman–Crippen LogP) is 3.47. The second-order valence-corrected chi connectivity index (χ2v) is 7.75. The third-order valence-electron chi connectivity index (χ3n) is 5.39. The Morgan fingerprint density at radius 2 is 1.97 bits per heavy atom. The van der Waals surface area contributed by atoms with Gasteiger partial charge in [-0.25, -0.2) is 9.78 Å². The highest BCUT2D eigenvalue weighted by Gasteiger charge is 2.43. The number of imidazole rings is 1. The van der Waals surface area contributed by atoms with Crippen molar-refractivity contribution in [3.63, 3.8) is 0 Å². The Morgan fingerprint density at radius 3 is 2.67 bits per heavy atom. The molecule has 1 N–H and O–H groups in total. The number of amides is 1. The van der Waals surface area contributed by atoms with Crippen molar-refractivity contribution in [1.29, 1.82) is 0 Å². The second kappa shape index (κ2) is 8.64. The van der Waals surface area contributed by atoms with Crippen molar-refractivity contribution in [2.75, 3.05) is 13.1 Å². The number of likely N-dealkylation sites (tertiary alicyclic amines) is 1. The molecule has 1 fully saturated rings. The highest BCUT2D eigenvalue weighted by atomic mass is 19.4. The van der Waals surface area contributed by atoms with Crippen molar-refractivity contribution >= 4 is 11.9 Å². The van der Waals surface area contributed by atoms with Crippen LogP contribution in [0.5, 0.6) is 0 Å². The van der Waals surface area contributed by atoms with Crippen LogP contribution in [0.3, 0.4) is 0 Å². The molecule has 0 unspecified atom stereocenters. The van der Waals surface area contributed by atoms with Gasteiger partial charge in [0.2, 0.25) is 0 Å². The van der Waals surface area contributed by atoms with Crippen LogP contribution in [-0.4, -0.2) is 62.1 Å². The van der Waals surface area contributed by atoms with Crippen molar-refractivity contribution in [2.24, 2.45) is 0 Å². The lowest BCUT2D eigenvalue weighted by Gasteiger charge is -2.17. The lowest BCUT2D eigenvalue weighted by atomic mass is 10.1. The minimum atomic E-state index is -5.06. The number of pyridine rings is 2. The molecule has 0 aromatic carbocycles. The Morgan fingerprint density at radius 1 is 1.18 bits per heavy atom. The minimum absolute atomic E-state index is 0.110. The maximum Gasteiger partial charge on any atom is 0.490 e. The average Bonchev–Trinajstić information content (AvgIpc) is 3.39. The van der Waals surface area contributed by atoms with Crippen molar-refractivity contribution in [2.45, 2.75) is 32.5 Å². The minimum Gasteiger partial charge on any atom is -0.454 e. The summed E-state index contributed by atoms with van der Waals surface area (Å²) in [6.45, 7) is 3.88. The van der Waals surface area contributed by atoms with Crippen molar-refractivity contribution in [3.8, 4) is 22.6 Å². The van der Waals surface area contributed by atoms with E-state index in [1.54, 1.807) is 24.5 Å². The number of hydrogen-bond acceptors (Lipinski definition) is 6. The molecule has 0 saturated carbocycles. The lowest BCUT2D eigenvalue weighted by molar-refractivity contribution is -0.204. The van der Waals surface area contributed by atoms with Gasteiger partial charge in [0.25, 0.3) is 5.91 Å². The summed E-state index contributed by atoms with van der Waals surface area (Å²) in [6.07, 6.45) is -1.30. The highest BCUT2D eigenvalue weighted by molar-refractivity contribution is 5.95. The zero-order valence-corrected chi connectivity index (χ0v) is 17.8. The topological polar surface area (TPSA) is 101 Å². The fraction of sp³-hybridized carbons (Fsp3) is 0.318. The number of carbonyl (C=O) groups is 2. The van der Waals surface area contributed by atoms with Crippen LogP contribution < -0.4 is 0 Å². The lowest BCUT2D eigenvalue weighted by Crippen LogP contribution is -2.34. The molecule has 0 aliphatic carbocycles. The summed E-state index contributed by atoms with van der Waals surface area (Å²) in [5.74, 6) is -2.02. The number of rotatable bonds is 4. The molecule has 1 saturated heterocycles. The smallest absolute Gasteiger partial charge is 0.454 e. The van der Waals surface area contributed by atoms with E-state index in [1.165, 1.54) is 11.1 Å². The number of aryl methyl sites for hydroxylation is 2. The molecule has 172 valence electrons. The number of ether oxygens (including phenoxy) is 1. The van der Waals surface area contributed by atoms with E-state index < -0.39 is 24.2 Å². The number of aromatic amines is 1. The van der Waals surface area contributed by atoms with Crippen molar-refractivity contribution in [1.82, 2.24) is 24.8 Å². The SMILES string of the molecule is Cc1nc(-c2cc(-c3cncc(C(=O)N4CC[C@@H](OC(=O)C(F)(F)F)C4)c3)ccn2)[nH]c1C. The van der Waals surface area contributed by atoms with Crippen molar-refractivity contribution < 1.29 is 27.5 Å². The molecule has 1 aliphatic heterocycles. The Hall–Kier alpha value is -3.76. The first-order chi connectivity index (χ1) is 15.6. The molecular weight excluding hydrogens is 439 g/mol. The van der Waals surface area contributed by atoms with Crippen LogP contribution >= 0.6 is 0 Å². The number of esters is 1. The molecule has 11 heteroatoms. The first kappa shape index (κ1) is 22.4. The summed E-state index contributed by atoms with van der Waals surface area (Å²) >= 11 is 0. The van der Waals surface area contributed by atoms with Gasteiger partial charge < -0.3 is 14.6 Å². The summed E-state index contributed by atoms with van der Waals surface area (Å²) < 4.78 is 41.7. The predicted molar refractivity (Wildman–Crippen MR) is 111 cm³/mol. The van der Waals surface area contributed by atoms with Gasteiger partial charge in [-0.2, -0.15) is 13.2 Å². The number of carbonyl (C=O) groups excluding carboxylic acids is 2. The van der Waals surface area contributed by atoms with E-state index in [4.69, 9.17) is 0 Å². The van der Waals surface area contributed by atoms with Gasteiger partial charge in [-0.1, -0.05) is 0 Å². The molecule has 0 radical (unpaired) electrons. The summed E-state index contributed by atoms with van der Waals surface area (Å²) in [7, 11) is 0. The number of nitrogens with zero attached hydrogens (tertiary/aromatic N) is 4. The van der Waals surface area contributed by atoms with Gasteiger partial charge in [0.05, 0.1) is 17.8 Å². The molecule has 8 nitrogen and oxygen atoms in total. The molecular formula is C22H20F3N5O3. The maximum absolute atomic E-state index is 12.9. The number of alkyl halides is 3. The summed E-state index contributed by atoms with van der Waals surface area (Å²) in [6, 6.07) is 5.26. The first-order valence-corrected chi connectivity index (χ1v) is 10.1. The van der Waals surface area contributed by atoms with Crippen molar-refractivity contribution in [3.05, 3.63) is 53.7 Å². The van der Waals surface area contributed by atoms with Crippen LogP contribution in [0.15, 0.2) is 36.8 Å². The van der Waals surface area contributed by atoms with E-state index >= 15 is 0 Å². The molecule has 1 atom stereocenters. The van der Waals surface area contributed by atoms with E-state index in [-0.39, 0.29) is 25.1 Å². The van der Waals surface area contributed by atoms with E-state index in [0.29, 0.717) is 17.1 Å². The van der Waals surface area contributed by atoms with Gasteiger partial charge >= 0.3 is 12.1 Å². The molecule has 3 aromatic rings. The molecule has 1 aliphatic rings. The van der Waals surface area contributed by atoms with Crippen LogP contribution in [-0.2, 0) is 9.53 Å².